The number of guanidine groups is 1. The molecule has 0 aliphatic rings. The summed E-state index contributed by atoms with van der Waals surface area (Å²) in [5, 5.41) is 16.4. The van der Waals surface area contributed by atoms with Crippen molar-refractivity contribution < 1.29 is 29.0 Å². The summed E-state index contributed by atoms with van der Waals surface area (Å²) in [6, 6.07) is 11.7. The average molecular weight is 470 g/mol. The van der Waals surface area contributed by atoms with E-state index in [-0.39, 0.29) is 18.1 Å². The lowest BCUT2D eigenvalue weighted by Gasteiger charge is -2.17. The normalized spacial score (nSPS) is 11.0. The summed E-state index contributed by atoms with van der Waals surface area (Å²) in [5.41, 5.74) is 11.9. The van der Waals surface area contributed by atoms with Crippen molar-refractivity contribution in [1.82, 2.24) is 16.0 Å². The number of nitrogens with zero attached hydrogens (tertiary/aromatic N) is 1. The number of aliphatic imine (C=N–C) groups is 1. The van der Waals surface area contributed by atoms with E-state index in [0.29, 0.717) is 11.4 Å². The summed E-state index contributed by atoms with van der Waals surface area (Å²) < 4.78 is 5.06. The van der Waals surface area contributed by atoms with Crippen LogP contribution in [-0.2, 0) is 20.9 Å². The molecule has 8 N–H and O–H groups in total. The van der Waals surface area contributed by atoms with E-state index in [1.54, 1.807) is 36.4 Å². The first-order valence-electron chi connectivity index (χ1n) is 10.1. The van der Waals surface area contributed by atoms with Gasteiger partial charge >= 0.3 is 5.97 Å². The lowest BCUT2D eigenvalue weighted by Crippen LogP contribution is -2.50. The van der Waals surface area contributed by atoms with Crippen LogP contribution in [0.2, 0.25) is 0 Å². The quantitative estimate of drug-likeness (QED) is 0.188. The number of hydrogen-bond acceptors (Lipinski definition) is 6. The highest BCUT2D eigenvalue weighted by molar-refractivity contribution is 5.98. The van der Waals surface area contributed by atoms with Crippen molar-refractivity contribution in [3.05, 3.63) is 59.7 Å². The monoisotopic (exact) mass is 470 g/mol. The smallest absolute Gasteiger partial charge is 0.305 e. The number of benzene rings is 2. The molecule has 0 saturated carbocycles. The van der Waals surface area contributed by atoms with Crippen LogP contribution in [0.15, 0.2) is 53.5 Å². The molecule has 2 rings (SSSR count). The molecule has 2 aromatic carbocycles. The van der Waals surface area contributed by atoms with Crippen LogP contribution in [0.3, 0.4) is 0 Å². The van der Waals surface area contributed by atoms with Crippen molar-refractivity contribution in [2.75, 3.05) is 13.7 Å². The molecular formula is C22H26N6O6. The summed E-state index contributed by atoms with van der Waals surface area (Å²) in [6.45, 7) is -0.356. The SMILES string of the molecule is COc1ccc(CNC(=O)[C@H](CC(=O)O)NC(=O)CNC(=O)c2cccc(N=C(N)N)c2)cc1. The first kappa shape index (κ1) is 25.6. The Morgan fingerprint density at radius 3 is 2.38 bits per heavy atom. The number of carboxylic acid groups (broad SMARTS) is 1. The Morgan fingerprint density at radius 1 is 1.06 bits per heavy atom. The molecule has 12 heteroatoms. The van der Waals surface area contributed by atoms with Gasteiger partial charge in [0.15, 0.2) is 5.96 Å². The molecule has 0 radical (unpaired) electrons. The summed E-state index contributed by atoms with van der Waals surface area (Å²) >= 11 is 0. The van der Waals surface area contributed by atoms with E-state index in [1.807, 2.05) is 0 Å². The Labute approximate surface area is 195 Å². The summed E-state index contributed by atoms with van der Waals surface area (Å²) in [7, 11) is 1.53. The number of carbonyl (C=O) groups excluding carboxylic acids is 3. The molecule has 12 nitrogen and oxygen atoms in total. The van der Waals surface area contributed by atoms with Gasteiger partial charge in [0.2, 0.25) is 11.8 Å². The van der Waals surface area contributed by atoms with Gasteiger partial charge in [-0.25, -0.2) is 4.99 Å². The summed E-state index contributed by atoms with van der Waals surface area (Å²) in [5.74, 6) is -2.79. The maximum absolute atomic E-state index is 12.5. The van der Waals surface area contributed by atoms with E-state index in [0.717, 1.165) is 5.56 Å². The van der Waals surface area contributed by atoms with Crippen LogP contribution in [0.25, 0.3) is 0 Å². The number of rotatable bonds is 11. The van der Waals surface area contributed by atoms with E-state index >= 15 is 0 Å². The lowest BCUT2D eigenvalue weighted by molar-refractivity contribution is -0.140. The molecule has 0 aliphatic heterocycles. The van der Waals surface area contributed by atoms with E-state index in [4.69, 9.17) is 21.3 Å². The number of aliphatic carboxylic acids is 1. The van der Waals surface area contributed by atoms with Gasteiger partial charge in [-0.15, -0.1) is 0 Å². The van der Waals surface area contributed by atoms with Gasteiger partial charge in [-0.2, -0.15) is 0 Å². The molecule has 0 bridgehead atoms. The Bertz CT molecular complexity index is 1070. The van der Waals surface area contributed by atoms with Gasteiger partial charge in [0, 0.05) is 12.1 Å². The highest BCUT2D eigenvalue weighted by Crippen LogP contribution is 2.14. The van der Waals surface area contributed by atoms with Gasteiger partial charge in [-0.3, -0.25) is 19.2 Å². The Kier molecular flexibility index (Phi) is 9.38. The van der Waals surface area contributed by atoms with Crippen LogP contribution in [0.4, 0.5) is 5.69 Å². The number of methoxy groups -OCH3 is 1. The fraction of sp³-hybridized carbons (Fsp3) is 0.227. The third-order valence-electron chi connectivity index (χ3n) is 4.43. The van der Waals surface area contributed by atoms with Gasteiger partial charge < -0.3 is 37.3 Å². The molecule has 1 atom stereocenters. The zero-order valence-electron chi connectivity index (χ0n) is 18.4. The molecule has 2 aromatic rings. The van der Waals surface area contributed by atoms with Gasteiger partial charge in [0.05, 0.1) is 25.8 Å². The predicted molar refractivity (Wildman–Crippen MR) is 123 cm³/mol. The standard InChI is InChI=1S/C22H26N6O6/c1-34-16-7-5-13(6-8-16)11-25-21(33)17(10-19(30)31)28-18(29)12-26-20(32)14-3-2-4-15(9-14)27-22(23)24/h2-9,17H,10-12H2,1H3,(H,25,33)(H,26,32)(H,28,29)(H,30,31)(H4,23,24,27)/t17-/m0/s1. The van der Waals surface area contributed by atoms with Crippen molar-refractivity contribution in [3.63, 3.8) is 0 Å². The van der Waals surface area contributed by atoms with Crippen LogP contribution < -0.4 is 32.2 Å². The van der Waals surface area contributed by atoms with E-state index in [1.165, 1.54) is 19.2 Å². The number of carbonyl (C=O) groups is 4. The van der Waals surface area contributed by atoms with Gasteiger partial charge in [0.1, 0.15) is 11.8 Å². The third-order valence-corrected chi connectivity index (χ3v) is 4.43. The molecule has 3 amide bonds. The van der Waals surface area contributed by atoms with Crippen molar-refractivity contribution in [1.29, 1.82) is 0 Å². The maximum Gasteiger partial charge on any atom is 0.305 e. The van der Waals surface area contributed by atoms with Gasteiger partial charge in [0.25, 0.3) is 5.91 Å². The highest BCUT2D eigenvalue weighted by atomic mass is 16.5. The van der Waals surface area contributed by atoms with E-state index in [9.17, 15) is 19.2 Å². The number of ether oxygens (including phenoxy) is 1. The predicted octanol–water partition coefficient (Wildman–Crippen LogP) is -0.394. The molecule has 0 saturated heterocycles. The lowest BCUT2D eigenvalue weighted by atomic mass is 10.1. The molecule has 180 valence electrons. The second kappa shape index (κ2) is 12.4. The Balaban J connectivity index is 1.92. The molecule has 0 unspecified atom stereocenters. The van der Waals surface area contributed by atoms with Gasteiger partial charge in [-0.1, -0.05) is 18.2 Å². The van der Waals surface area contributed by atoms with Crippen LogP contribution in [0.1, 0.15) is 22.3 Å². The fourth-order valence-corrected chi connectivity index (χ4v) is 2.81. The molecule has 0 spiro atoms. The minimum absolute atomic E-state index is 0.123. The number of hydrogen-bond donors (Lipinski definition) is 6. The molecular weight excluding hydrogens is 444 g/mol. The minimum Gasteiger partial charge on any atom is -0.497 e. The zero-order valence-corrected chi connectivity index (χ0v) is 18.4. The Hall–Kier alpha value is -4.61. The number of nitrogens with two attached hydrogens (primary N) is 2. The van der Waals surface area contributed by atoms with E-state index < -0.39 is 42.7 Å². The first-order chi connectivity index (χ1) is 16.2. The number of amides is 3. The van der Waals surface area contributed by atoms with Crippen molar-refractivity contribution in [2.24, 2.45) is 16.5 Å². The van der Waals surface area contributed by atoms with Crippen LogP contribution in [0.5, 0.6) is 5.75 Å². The van der Waals surface area contributed by atoms with Gasteiger partial charge in [-0.05, 0) is 35.9 Å². The molecule has 0 aliphatic carbocycles. The van der Waals surface area contributed by atoms with Crippen molar-refractivity contribution >= 4 is 35.3 Å². The Morgan fingerprint density at radius 2 is 1.76 bits per heavy atom. The van der Waals surface area contributed by atoms with E-state index in [2.05, 4.69) is 20.9 Å². The summed E-state index contributed by atoms with van der Waals surface area (Å²) in [6.07, 6.45) is -0.630. The number of carboxylic acids is 1. The average Bonchev–Trinajstić information content (AvgIpc) is 2.80. The minimum atomic E-state index is -1.33. The fourth-order valence-electron chi connectivity index (χ4n) is 2.81. The topological polar surface area (TPSA) is 198 Å². The second-order valence-electron chi connectivity index (χ2n) is 7.05. The van der Waals surface area contributed by atoms with Crippen molar-refractivity contribution in [2.45, 2.75) is 19.0 Å². The molecule has 0 heterocycles. The van der Waals surface area contributed by atoms with Crippen LogP contribution in [-0.4, -0.2) is 54.5 Å². The largest absolute Gasteiger partial charge is 0.497 e. The van der Waals surface area contributed by atoms with Crippen molar-refractivity contribution in [3.8, 4) is 5.75 Å². The number of nitrogens with one attached hydrogen (secondary N) is 3. The molecule has 0 aromatic heterocycles. The van der Waals surface area contributed by atoms with Crippen LogP contribution in [0, 0.1) is 0 Å². The summed E-state index contributed by atoms with van der Waals surface area (Å²) in [4.78, 5) is 52.0. The third kappa shape index (κ3) is 8.49. The molecule has 0 fully saturated rings. The highest BCUT2D eigenvalue weighted by Gasteiger charge is 2.23. The first-order valence-corrected chi connectivity index (χ1v) is 10.1. The molecule has 34 heavy (non-hydrogen) atoms. The maximum atomic E-state index is 12.5. The second-order valence-corrected chi connectivity index (χ2v) is 7.05. The zero-order chi connectivity index (χ0) is 25.1. The van der Waals surface area contributed by atoms with Crippen LogP contribution >= 0.6 is 0 Å².